The van der Waals surface area contributed by atoms with Gasteiger partial charge in [-0.3, -0.25) is 0 Å². The number of para-hydroxylation sites is 1. The number of rotatable bonds is 5. The number of ether oxygens (including phenoxy) is 1. The van der Waals surface area contributed by atoms with Crippen molar-refractivity contribution < 1.29 is 9.13 Å². The minimum absolute atomic E-state index is 0.0736. The molecule has 1 unspecified atom stereocenters. The van der Waals surface area contributed by atoms with Crippen molar-refractivity contribution in [2.24, 2.45) is 0 Å². The van der Waals surface area contributed by atoms with Crippen molar-refractivity contribution >= 4 is 15.9 Å². The second-order valence-electron chi connectivity index (χ2n) is 4.58. The first-order valence-electron chi connectivity index (χ1n) is 6.42. The Morgan fingerprint density at radius 1 is 1.25 bits per heavy atom. The topological polar surface area (TPSA) is 21.3 Å². The van der Waals surface area contributed by atoms with Crippen LogP contribution in [0, 0.1) is 5.82 Å². The number of hydrogen-bond acceptors (Lipinski definition) is 2. The molecule has 0 spiro atoms. The first-order valence-corrected chi connectivity index (χ1v) is 7.21. The number of nitrogens with one attached hydrogen (secondary N) is 1. The molecule has 0 saturated heterocycles. The highest BCUT2D eigenvalue weighted by Gasteiger charge is 2.11. The molecule has 1 N–H and O–H groups in total. The van der Waals surface area contributed by atoms with Gasteiger partial charge in [-0.1, -0.05) is 34.1 Å². The van der Waals surface area contributed by atoms with Crippen molar-refractivity contribution in [2.45, 2.75) is 19.5 Å². The second-order valence-corrected chi connectivity index (χ2v) is 5.50. The Bertz CT molecular complexity index is 588. The maximum Gasteiger partial charge on any atom is 0.127 e. The maximum atomic E-state index is 13.7. The van der Waals surface area contributed by atoms with E-state index in [9.17, 15) is 4.39 Å². The van der Waals surface area contributed by atoms with Crippen LogP contribution in [0.4, 0.5) is 4.39 Å². The zero-order valence-corrected chi connectivity index (χ0v) is 13.1. The summed E-state index contributed by atoms with van der Waals surface area (Å²) in [5.74, 6) is 0.634. The number of benzene rings is 2. The van der Waals surface area contributed by atoms with E-state index in [-0.39, 0.29) is 11.9 Å². The van der Waals surface area contributed by atoms with Gasteiger partial charge in [0.05, 0.1) is 7.11 Å². The van der Waals surface area contributed by atoms with E-state index in [1.807, 2.05) is 31.2 Å². The van der Waals surface area contributed by atoms with Crippen LogP contribution in [0.1, 0.15) is 24.1 Å². The molecule has 0 aliphatic rings. The van der Waals surface area contributed by atoms with Crippen molar-refractivity contribution in [3.8, 4) is 5.75 Å². The zero-order valence-electron chi connectivity index (χ0n) is 11.5. The van der Waals surface area contributed by atoms with E-state index in [1.165, 1.54) is 6.07 Å². The van der Waals surface area contributed by atoms with Crippen molar-refractivity contribution in [2.75, 3.05) is 7.11 Å². The fourth-order valence-corrected chi connectivity index (χ4v) is 2.48. The second kappa shape index (κ2) is 6.86. The minimum atomic E-state index is -0.201. The fourth-order valence-electron chi connectivity index (χ4n) is 2.08. The average molecular weight is 338 g/mol. The molecule has 20 heavy (non-hydrogen) atoms. The molecule has 0 aliphatic heterocycles. The van der Waals surface area contributed by atoms with Crippen LogP contribution in [0.2, 0.25) is 0 Å². The molecule has 0 amide bonds. The average Bonchev–Trinajstić information content (AvgIpc) is 2.47. The van der Waals surface area contributed by atoms with Gasteiger partial charge in [0, 0.05) is 28.2 Å². The van der Waals surface area contributed by atoms with Gasteiger partial charge < -0.3 is 10.1 Å². The molecule has 0 aromatic heterocycles. The van der Waals surface area contributed by atoms with E-state index in [1.54, 1.807) is 19.2 Å². The van der Waals surface area contributed by atoms with E-state index in [2.05, 4.69) is 21.2 Å². The lowest BCUT2D eigenvalue weighted by Gasteiger charge is -2.17. The van der Waals surface area contributed by atoms with Gasteiger partial charge in [-0.2, -0.15) is 0 Å². The first kappa shape index (κ1) is 15.0. The summed E-state index contributed by atoms with van der Waals surface area (Å²) in [6.07, 6.45) is 0. The molecule has 2 aromatic carbocycles. The Morgan fingerprint density at radius 3 is 2.75 bits per heavy atom. The van der Waals surface area contributed by atoms with Crippen LogP contribution in [0.25, 0.3) is 0 Å². The van der Waals surface area contributed by atoms with Crippen LogP contribution in [-0.4, -0.2) is 7.11 Å². The van der Waals surface area contributed by atoms with Crippen LogP contribution in [0.15, 0.2) is 46.9 Å². The Hall–Kier alpha value is -1.39. The lowest BCUT2D eigenvalue weighted by molar-refractivity contribution is 0.401. The van der Waals surface area contributed by atoms with Crippen molar-refractivity contribution in [1.82, 2.24) is 5.32 Å². The molecule has 106 valence electrons. The van der Waals surface area contributed by atoms with E-state index < -0.39 is 0 Å². The summed E-state index contributed by atoms with van der Waals surface area (Å²) in [6.45, 7) is 2.50. The van der Waals surface area contributed by atoms with Crippen LogP contribution in [0.3, 0.4) is 0 Å². The predicted octanol–water partition coefficient (Wildman–Crippen LogP) is 4.45. The summed E-state index contributed by atoms with van der Waals surface area (Å²) in [5, 5.41) is 3.32. The van der Waals surface area contributed by atoms with Crippen LogP contribution in [0.5, 0.6) is 5.75 Å². The molecule has 0 bridgehead atoms. The number of halogens is 2. The van der Waals surface area contributed by atoms with Gasteiger partial charge in [-0.25, -0.2) is 4.39 Å². The third-order valence-electron chi connectivity index (χ3n) is 3.21. The first-order chi connectivity index (χ1) is 9.61. The van der Waals surface area contributed by atoms with Crippen LogP contribution < -0.4 is 10.1 Å². The van der Waals surface area contributed by atoms with Crippen molar-refractivity contribution in [3.05, 3.63) is 63.9 Å². The SMILES string of the molecule is COc1ccccc1C(C)NCc1cc(Br)ccc1F. The highest BCUT2D eigenvalue weighted by atomic mass is 79.9. The Kier molecular flexibility index (Phi) is 5.15. The smallest absolute Gasteiger partial charge is 0.127 e. The maximum absolute atomic E-state index is 13.7. The number of hydrogen-bond donors (Lipinski definition) is 1. The molecule has 1 atom stereocenters. The Labute approximate surface area is 127 Å². The molecule has 2 nitrogen and oxygen atoms in total. The van der Waals surface area contributed by atoms with Crippen LogP contribution in [-0.2, 0) is 6.54 Å². The molecule has 0 heterocycles. The number of methoxy groups -OCH3 is 1. The fraction of sp³-hybridized carbons (Fsp3) is 0.250. The van der Waals surface area contributed by atoms with Gasteiger partial charge >= 0.3 is 0 Å². The van der Waals surface area contributed by atoms with Crippen LogP contribution >= 0.6 is 15.9 Å². The normalized spacial score (nSPS) is 12.2. The molecule has 2 rings (SSSR count). The molecule has 0 radical (unpaired) electrons. The van der Waals surface area contributed by atoms with Crippen molar-refractivity contribution in [1.29, 1.82) is 0 Å². The van der Waals surface area contributed by atoms with E-state index in [4.69, 9.17) is 4.74 Å². The van der Waals surface area contributed by atoms with Gasteiger partial charge in [-0.15, -0.1) is 0 Å². The zero-order chi connectivity index (χ0) is 14.5. The summed E-state index contributed by atoms with van der Waals surface area (Å²) in [7, 11) is 1.65. The van der Waals surface area contributed by atoms with Gasteiger partial charge in [-0.05, 0) is 31.2 Å². The van der Waals surface area contributed by atoms with Crippen molar-refractivity contribution in [3.63, 3.8) is 0 Å². The molecule has 0 aliphatic carbocycles. The Morgan fingerprint density at radius 2 is 2.00 bits per heavy atom. The predicted molar refractivity (Wildman–Crippen MR) is 82.3 cm³/mol. The van der Waals surface area contributed by atoms with E-state index in [0.717, 1.165) is 15.8 Å². The molecular formula is C16H17BrFNO. The lowest BCUT2D eigenvalue weighted by Crippen LogP contribution is -2.19. The van der Waals surface area contributed by atoms with E-state index in [0.29, 0.717) is 12.1 Å². The molecule has 0 fully saturated rings. The summed E-state index contributed by atoms with van der Waals surface area (Å²) in [5.41, 5.74) is 1.70. The van der Waals surface area contributed by atoms with Gasteiger partial charge in [0.1, 0.15) is 11.6 Å². The standard InChI is InChI=1S/C16H17BrFNO/c1-11(14-5-3-4-6-16(14)20-2)19-10-12-9-13(17)7-8-15(12)18/h3-9,11,19H,10H2,1-2H3. The molecule has 0 saturated carbocycles. The summed E-state index contributed by atoms with van der Waals surface area (Å²) >= 11 is 3.36. The molecule has 4 heteroatoms. The third kappa shape index (κ3) is 3.58. The Balaban J connectivity index is 2.08. The monoisotopic (exact) mass is 337 g/mol. The highest BCUT2D eigenvalue weighted by molar-refractivity contribution is 9.10. The minimum Gasteiger partial charge on any atom is -0.496 e. The lowest BCUT2D eigenvalue weighted by atomic mass is 10.1. The quantitative estimate of drug-likeness (QED) is 0.870. The van der Waals surface area contributed by atoms with Gasteiger partial charge in [0.2, 0.25) is 0 Å². The van der Waals surface area contributed by atoms with E-state index >= 15 is 0 Å². The largest absolute Gasteiger partial charge is 0.496 e. The third-order valence-corrected chi connectivity index (χ3v) is 3.71. The summed E-state index contributed by atoms with van der Waals surface area (Å²) < 4.78 is 19.9. The summed E-state index contributed by atoms with van der Waals surface area (Å²) in [6, 6.07) is 12.9. The van der Waals surface area contributed by atoms with Gasteiger partial charge in [0.15, 0.2) is 0 Å². The molecule has 2 aromatic rings. The van der Waals surface area contributed by atoms with Gasteiger partial charge in [0.25, 0.3) is 0 Å². The highest BCUT2D eigenvalue weighted by Crippen LogP contribution is 2.25. The summed E-state index contributed by atoms with van der Waals surface area (Å²) in [4.78, 5) is 0. The molecular weight excluding hydrogens is 321 g/mol.